The van der Waals surface area contributed by atoms with Gasteiger partial charge in [-0.3, -0.25) is 5.14 Å². The first-order chi connectivity index (χ1) is 8.83. The van der Waals surface area contributed by atoms with Crippen LogP contribution in [0.25, 0.3) is 0 Å². The van der Waals surface area contributed by atoms with Gasteiger partial charge in [-0.25, -0.2) is 4.98 Å². The van der Waals surface area contributed by atoms with E-state index in [1.807, 2.05) is 24.3 Å². The van der Waals surface area contributed by atoms with Gasteiger partial charge >= 0.3 is 0 Å². The molecule has 3 N–H and O–H groups in total. The molecular formula is C14H17N3S. The van der Waals surface area contributed by atoms with Crippen LogP contribution in [0.15, 0.2) is 53.6 Å². The predicted molar refractivity (Wildman–Crippen MR) is 77.4 cm³/mol. The molecule has 0 saturated heterocycles. The third kappa shape index (κ3) is 3.24. The van der Waals surface area contributed by atoms with E-state index < -0.39 is 0 Å². The number of nitrogens with two attached hydrogens (primary N) is 1. The highest BCUT2D eigenvalue weighted by Crippen LogP contribution is 2.22. The van der Waals surface area contributed by atoms with Crippen LogP contribution >= 0.6 is 11.9 Å². The van der Waals surface area contributed by atoms with Gasteiger partial charge in [0.05, 0.1) is 6.04 Å². The van der Waals surface area contributed by atoms with Crippen LogP contribution in [0.1, 0.15) is 24.9 Å². The molecule has 0 bridgehead atoms. The minimum absolute atomic E-state index is 0.275. The summed E-state index contributed by atoms with van der Waals surface area (Å²) in [6.07, 6.45) is 1.01. The SMILES string of the molecule is CCC(Nc1cccc(SN)n1)c1ccccc1. The Balaban J connectivity index is 2.15. The van der Waals surface area contributed by atoms with Crippen molar-refractivity contribution in [2.45, 2.75) is 24.4 Å². The molecule has 0 aliphatic carbocycles. The summed E-state index contributed by atoms with van der Waals surface area (Å²) < 4.78 is 0. The first kappa shape index (κ1) is 12.9. The average molecular weight is 259 g/mol. The molecule has 4 heteroatoms. The van der Waals surface area contributed by atoms with Crippen molar-refractivity contribution in [1.29, 1.82) is 0 Å². The van der Waals surface area contributed by atoms with Crippen molar-refractivity contribution in [1.82, 2.24) is 4.98 Å². The number of hydrogen-bond donors (Lipinski definition) is 2. The molecule has 0 aliphatic rings. The van der Waals surface area contributed by atoms with Gasteiger partial charge in [-0.1, -0.05) is 43.3 Å². The third-order valence-corrected chi connectivity index (χ3v) is 3.25. The van der Waals surface area contributed by atoms with E-state index in [1.165, 1.54) is 5.56 Å². The first-order valence-electron chi connectivity index (χ1n) is 5.98. The summed E-state index contributed by atoms with van der Waals surface area (Å²) in [6, 6.07) is 16.5. The molecule has 0 amide bonds. The minimum atomic E-state index is 0.275. The van der Waals surface area contributed by atoms with Gasteiger partial charge in [-0.15, -0.1) is 0 Å². The fourth-order valence-corrected chi connectivity index (χ4v) is 2.15. The van der Waals surface area contributed by atoms with E-state index in [2.05, 4.69) is 41.5 Å². The second kappa shape index (κ2) is 6.42. The van der Waals surface area contributed by atoms with Gasteiger partial charge in [0.15, 0.2) is 0 Å². The van der Waals surface area contributed by atoms with Gasteiger partial charge in [-0.2, -0.15) is 0 Å². The van der Waals surface area contributed by atoms with Gasteiger partial charge in [0, 0.05) is 0 Å². The monoisotopic (exact) mass is 259 g/mol. The van der Waals surface area contributed by atoms with Gasteiger partial charge < -0.3 is 5.32 Å². The summed E-state index contributed by atoms with van der Waals surface area (Å²) in [4.78, 5) is 4.43. The van der Waals surface area contributed by atoms with E-state index in [1.54, 1.807) is 0 Å². The van der Waals surface area contributed by atoms with E-state index in [0.29, 0.717) is 0 Å². The predicted octanol–water partition coefficient (Wildman–Crippen LogP) is 3.61. The molecule has 2 aromatic rings. The van der Waals surface area contributed by atoms with Crippen LogP contribution in [0.3, 0.4) is 0 Å². The molecule has 0 radical (unpaired) electrons. The molecule has 2 rings (SSSR count). The van der Waals surface area contributed by atoms with Crippen LogP contribution in [0.4, 0.5) is 5.82 Å². The zero-order valence-corrected chi connectivity index (χ0v) is 11.2. The van der Waals surface area contributed by atoms with Crippen molar-refractivity contribution in [3.63, 3.8) is 0 Å². The lowest BCUT2D eigenvalue weighted by atomic mass is 10.0. The maximum atomic E-state index is 5.52. The number of aromatic nitrogens is 1. The Kier molecular flexibility index (Phi) is 4.61. The second-order valence-electron chi connectivity index (χ2n) is 3.99. The molecule has 0 spiro atoms. The average Bonchev–Trinajstić information content (AvgIpc) is 2.46. The van der Waals surface area contributed by atoms with Crippen LogP contribution in [0, 0.1) is 0 Å². The van der Waals surface area contributed by atoms with Crippen LogP contribution in [0.2, 0.25) is 0 Å². The van der Waals surface area contributed by atoms with Gasteiger partial charge in [0.1, 0.15) is 10.8 Å². The summed E-state index contributed by atoms with van der Waals surface area (Å²) in [5.41, 5.74) is 1.27. The standard InChI is InChI=1S/C14H17N3S/c1-2-12(11-7-4-3-5-8-11)16-13-9-6-10-14(17-13)18-15/h3-10,12H,2,15H2,1H3,(H,16,17). The number of benzene rings is 1. The Hall–Kier alpha value is -1.52. The Morgan fingerprint density at radius 1 is 1.17 bits per heavy atom. The van der Waals surface area contributed by atoms with E-state index in [0.717, 1.165) is 29.2 Å². The Morgan fingerprint density at radius 2 is 1.94 bits per heavy atom. The molecule has 0 aliphatic heterocycles. The number of hydrogen-bond acceptors (Lipinski definition) is 4. The summed E-state index contributed by atoms with van der Waals surface area (Å²) in [6.45, 7) is 2.16. The molecule has 94 valence electrons. The molecule has 1 aromatic carbocycles. The summed E-state index contributed by atoms with van der Waals surface area (Å²) in [5.74, 6) is 0.862. The normalized spacial score (nSPS) is 12.1. The lowest BCUT2D eigenvalue weighted by molar-refractivity contribution is 0.742. The number of anilines is 1. The Labute approximate surface area is 112 Å². The highest BCUT2D eigenvalue weighted by Gasteiger charge is 2.09. The van der Waals surface area contributed by atoms with E-state index >= 15 is 0 Å². The Bertz CT molecular complexity index is 487. The van der Waals surface area contributed by atoms with Crippen molar-refractivity contribution in [3.8, 4) is 0 Å². The number of nitrogens with zero attached hydrogens (tertiary/aromatic N) is 1. The Morgan fingerprint density at radius 3 is 2.61 bits per heavy atom. The second-order valence-corrected chi connectivity index (χ2v) is 4.65. The molecule has 1 unspecified atom stereocenters. The summed E-state index contributed by atoms with van der Waals surface area (Å²) in [7, 11) is 0. The number of rotatable bonds is 5. The zero-order chi connectivity index (χ0) is 12.8. The summed E-state index contributed by atoms with van der Waals surface area (Å²) >= 11 is 1.16. The van der Waals surface area contributed by atoms with Gasteiger partial charge in [0.2, 0.25) is 0 Å². The van der Waals surface area contributed by atoms with Crippen LogP contribution in [-0.2, 0) is 0 Å². The molecule has 3 nitrogen and oxygen atoms in total. The molecule has 0 fully saturated rings. The lowest BCUT2D eigenvalue weighted by Gasteiger charge is -2.18. The van der Waals surface area contributed by atoms with Crippen molar-refractivity contribution in [3.05, 3.63) is 54.1 Å². The third-order valence-electron chi connectivity index (χ3n) is 2.78. The minimum Gasteiger partial charge on any atom is -0.363 e. The first-order valence-corrected chi connectivity index (χ1v) is 6.86. The van der Waals surface area contributed by atoms with Gasteiger partial charge in [-0.05, 0) is 36.1 Å². The number of pyridine rings is 1. The summed E-state index contributed by atoms with van der Waals surface area (Å²) in [5, 5.41) is 9.78. The van der Waals surface area contributed by atoms with E-state index in [-0.39, 0.29) is 6.04 Å². The molecule has 0 saturated carbocycles. The number of nitrogens with one attached hydrogen (secondary N) is 1. The highest BCUT2D eigenvalue weighted by atomic mass is 32.2. The van der Waals surface area contributed by atoms with Crippen molar-refractivity contribution in [2.75, 3.05) is 5.32 Å². The molecule has 18 heavy (non-hydrogen) atoms. The molecule has 1 heterocycles. The maximum absolute atomic E-state index is 5.52. The highest BCUT2D eigenvalue weighted by molar-refractivity contribution is 7.97. The lowest BCUT2D eigenvalue weighted by Crippen LogP contribution is -2.10. The smallest absolute Gasteiger partial charge is 0.127 e. The fraction of sp³-hybridized carbons (Fsp3) is 0.214. The van der Waals surface area contributed by atoms with Crippen molar-refractivity contribution < 1.29 is 0 Å². The van der Waals surface area contributed by atoms with Gasteiger partial charge in [0.25, 0.3) is 0 Å². The largest absolute Gasteiger partial charge is 0.363 e. The quantitative estimate of drug-likeness (QED) is 0.805. The zero-order valence-electron chi connectivity index (χ0n) is 10.3. The van der Waals surface area contributed by atoms with Crippen LogP contribution in [0.5, 0.6) is 0 Å². The maximum Gasteiger partial charge on any atom is 0.127 e. The molecule has 1 atom stereocenters. The van der Waals surface area contributed by atoms with Crippen LogP contribution in [-0.4, -0.2) is 4.98 Å². The fourth-order valence-electron chi connectivity index (χ4n) is 1.85. The van der Waals surface area contributed by atoms with E-state index in [4.69, 9.17) is 5.14 Å². The van der Waals surface area contributed by atoms with Crippen molar-refractivity contribution in [2.24, 2.45) is 5.14 Å². The molecular weight excluding hydrogens is 242 g/mol. The van der Waals surface area contributed by atoms with Crippen molar-refractivity contribution >= 4 is 17.8 Å². The topological polar surface area (TPSA) is 50.9 Å². The van der Waals surface area contributed by atoms with E-state index in [9.17, 15) is 0 Å². The van der Waals surface area contributed by atoms with Crippen LogP contribution < -0.4 is 10.5 Å². The molecule has 1 aromatic heterocycles.